The highest BCUT2D eigenvalue weighted by Gasteiger charge is 2.25. The molecule has 1 aromatic rings. The molecule has 21 heavy (non-hydrogen) atoms. The van der Waals surface area contributed by atoms with E-state index in [2.05, 4.69) is 17.0 Å². The number of rotatable bonds is 6. The summed E-state index contributed by atoms with van der Waals surface area (Å²) in [6.07, 6.45) is 4.38. The molecule has 0 aromatic heterocycles. The van der Waals surface area contributed by atoms with E-state index in [1.807, 2.05) is 12.1 Å². The highest BCUT2D eigenvalue weighted by Crippen LogP contribution is 2.29. The number of likely N-dealkylation sites (tertiary alicyclic amines) is 1. The van der Waals surface area contributed by atoms with Gasteiger partial charge in [0.15, 0.2) is 0 Å². The van der Waals surface area contributed by atoms with Crippen molar-refractivity contribution >= 4 is 5.97 Å². The quantitative estimate of drug-likeness (QED) is 0.875. The first kappa shape index (κ1) is 14.4. The number of carboxylic acid groups (broad SMARTS) is 1. The molecule has 2 fully saturated rings. The van der Waals surface area contributed by atoms with E-state index in [-0.39, 0.29) is 5.92 Å². The number of hydrogen-bond donors (Lipinski definition) is 1. The van der Waals surface area contributed by atoms with Crippen molar-refractivity contribution in [3.63, 3.8) is 0 Å². The number of hydrogen-bond acceptors (Lipinski definition) is 3. The Kier molecular flexibility index (Phi) is 4.44. The lowest BCUT2D eigenvalue weighted by Gasteiger charge is -2.30. The van der Waals surface area contributed by atoms with Gasteiger partial charge in [0.05, 0.1) is 12.5 Å². The Bertz CT molecular complexity index is 481. The molecular weight excluding hydrogens is 266 g/mol. The zero-order valence-corrected chi connectivity index (χ0v) is 12.3. The lowest BCUT2D eigenvalue weighted by atomic mass is 9.98. The Morgan fingerprint density at radius 1 is 1.24 bits per heavy atom. The lowest BCUT2D eigenvalue weighted by Crippen LogP contribution is -2.38. The number of aliphatic carboxylic acids is 1. The standard InChI is InChI=1S/C17H23NO3/c19-17(20)15-2-1-9-18(11-15)10-13-5-7-16(8-6-13)21-12-14-3-4-14/h5-8,14-15H,1-4,9-12H2,(H,19,20). The van der Waals surface area contributed by atoms with Crippen LogP contribution in [0.15, 0.2) is 24.3 Å². The van der Waals surface area contributed by atoms with Crippen LogP contribution in [0.5, 0.6) is 5.75 Å². The summed E-state index contributed by atoms with van der Waals surface area (Å²) in [5, 5.41) is 9.12. The summed E-state index contributed by atoms with van der Waals surface area (Å²) in [6, 6.07) is 8.23. The third-order valence-electron chi connectivity index (χ3n) is 4.37. The fourth-order valence-corrected chi connectivity index (χ4v) is 2.85. The molecule has 0 spiro atoms. The minimum Gasteiger partial charge on any atom is -0.493 e. The van der Waals surface area contributed by atoms with Crippen LogP contribution in [-0.4, -0.2) is 35.7 Å². The molecule has 1 aliphatic heterocycles. The Morgan fingerprint density at radius 2 is 2.00 bits per heavy atom. The van der Waals surface area contributed by atoms with Gasteiger partial charge in [-0.3, -0.25) is 9.69 Å². The van der Waals surface area contributed by atoms with E-state index in [1.54, 1.807) is 0 Å². The molecule has 1 saturated heterocycles. The molecule has 1 saturated carbocycles. The third kappa shape index (κ3) is 4.21. The van der Waals surface area contributed by atoms with E-state index in [4.69, 9.17) is 9.84 Å². The maximum atomic E-state index is 11.1. The molecule has 4 nitrogen and oxygen atoms in total. The lowest BCUT2D eigenvalue weighted by molar-refractivity contribution is -0.143. The monoisotopic (exact) mass is 289 g/mol. The molecule has 1 aliphatic carbocycles. The van der Waals surface area contributed by atoms with Gasteiger partial charge < -0.3 is 9.84 Å². The smallest absolute Gasteiger partial charge is 0.307 e. The van der Waals surface area contributed by atoms with Crippen LogP contribution in [0.1, 0.15) is 31.2 Å². The van der Waals surface area contributed by atoms with Gasteiger partial charge in [0.2, 0.25) is 0 Å². The Balaban J connectivity index is 1.50. The van der Waals surface area contributed by atoms with E-state index in [0.717, 1.165) is 44.2 Å². The van der Waals surface area contributed by atoms with Gasteiger partial charge in [0.1, 0.15) is 5.75 Å². The van der Waals surface area contributed by atoms with Crippen molar-refractivity contribution in [3.8, 4) is 5.75 Å². The number of nitrogens with zero attached hydrogens (tertiary/aromatic N) is 1. The molecule has 0 radical (unpaired) electrons. The first-order valence-electron chi connectivity index (χ1n) is 7.87. The molecule has 1 heterocycles. The van der Waals surface area contributed by atoms with Gasteiger partial charge in [0.25, 0.3) is 0 Å². The summed E-state index contributed by atoms with van der Waals surface area (Å²) in [4.78, 5) is 13.3. The van der Waals surface area contributed by atoms with E-state index in [1.165, 1.54) is 18.4 Å². The molecule has 114 valence electrons. The minimum atomic E-state index is -0.663. The Labute approximate surface area is 125 Å². The zero-order chi connectivity index (χ0) is 14.7. The fraction of sp³-hybridized carbons (Fsp3) is 0.588. The summed E-state index contributed by atoms with van der Waals surface area (Å²) in [6.45, 7) is 3.32. The van der Waals surface area contributed by atoms with Crippen LogP contribution in [0.3, 0.4) is 0 Å². The molecule has 1 atom stereocenters. The van der Waals surface area contributed by atoms with Crippen LogP contribution in [0, 0.1) is 11.8 Å². The normalized spacial score (nSPS) is 23.0. The molecule has 3 rings (SSSR count). The van der Waals surface area contributed by atoms with Crippen LogP contribution in [0.4, 0.5) is 0 Å². The van der Waals surface area contributed by atoms with E-state index >= 15 is 0 Å². The SMILES string of the molecule is O=C(O)C1CCCN(Cc2ccc(OCC3CC3)cc2)C1. The molecule has 1 unspecified atom stereocenters. The first-order chi connectivity index (χ1) is 10.2. The van der Waals surface area contributed by atoms with Crippen molar-refractivity contribution in [1.29, 1.82) is 0 Å². The minimum absolute atomic E-state index is 0.208. The van der Waals surface area contributed by atoms with Crippen molar-refractivity contribution in [2.75, 3.05) is 19.7 Å². The molecule has 1 N–H and O–H groups in total. The summed E-state index contributed by atoms with van der Waals surface area (Å²) < 4.78 is 5.73. The number of benzene rings is 1. The summed E-state index contributed by atoms with van der Waals surface area (Å²) >= 11 is 0. The number of ether oxygens (including phenoxy) is 1. The maximum absolute atomic E-state index is 11.1. The Hall–Kier alpha value is -1.55. The summed E-state index contributed by atoms with van der Waals surface area (Å²) in [7, 11) is 0. The highest BCUT2D eigenvalue weighted by molar-refractivity contribution is 5.70. The van der Waals surface area contributed by atoms with Crippen molar-refractivity contribution < 1.29 is 14.6 Å². The molecule has 0 amide bonds. The van der Waals surface area contributed by atoms with Crippen molar-refractivity contribution in [1.82, 2.24) is 4.90 Å². The molecule has 0 bridgehead atoms. The summed E-state index contributed by atoms with van der Waals surface area (Å²) in [5.74, 6) is 0.835. The Morgan fingerprint density at radius 3 is 2.67 bits per heavy atom. The van der Waals surface area contributed by atoms with E-state index < -0.39 is 5.97 Å². The summed E-state index contributed by atoms with van der Waals surface area (Å²) in [5.41, 5.74) is 1.22. The second-order valence-electron chi connectivity index (χ2n) is 6.31. The average Bonchev–Trinajstić information content (AvgIpc) is 3.31. The largest absolute Gasteiger partial charge is 0.493 e. The molecule has 2 aliphatic rings. The van der Waals surface area contributed by atoms with Gasteiger partial charge in [-0.05, 0) is 55.8 Å². The number of piperidine rings is 1. The highest BCUT2D eigenvalue weighted by atomic mass is 16.5. The van der Waals surface area contributed by atoms with Gasteiger partial charge in [-0.15, -0.1) is 0 Å². The van der Waals surface area contributed by atoms with Gasteiger partial charge in [-0.1, -0.05) is 12.1 Å². The topological polar surface area (TPSA) is 49.8 Å². The number of carbonyl (C=O) groups is 1. The zero-order valence-electron chi connectivity index (χ0n) is 12.3. The number of carboxylic acids is 1. The van der Waals surface area contributed by atoms with Crippen LogP contribution < -0.4 is 4.74 Å². The van der Waals surface area contributed by atoms with Crippen LogP contribution >= 0.6 is 0 Å². The van der Waals surface area contributed by atoms with Gasteiger partial charge in [-0.2, -0.15) is 0 Å². The van der Waals surface area contributed by atoms with Gasteiger partial charge >= 0.3 is 5.97 Å². The molecular formula is C17H23NO3. The maximum Gasteiger partial charge on any atom is 0.307 e. The van der Waals surface area contributed by atoms with Gasteiger partial charge in [0, 0.05) is 13.1 Å². The van der Waals surface area contributed by atoms with Crippen LogP contribution in [0.25, 0.3) is 0 Å². The predicted molar refractivity (Wildman–Crippen MR) is 80.3 cm³/mol. The van der Waals surface area contributed by atoms with Crippen molar-refractivity contribution in [3.05, 3.63) is 29.8 Å². The second kappa shape index (κ2) is 6.48. The average molecular weight is 289 g/mol. The van der Waals surface area contributed by atoms with Crippen LogP contribution in [0.2, 0.25) is 0 Å². The fourth-order valence-electron chi connectivity index (χ4n) is 2.85. The predicted octanol–water partition coefficient (Wildman–Crippen LogP) is 2.77. The van der Waals surface area contributed by atoms with Gasteiger partial charge in [-0.25, -0.2) is 0 Å². The third-order valence-corrected chi connectivity index (χ3v) is 4.37. The molecule has 1 aromatic carbocycles. The molecule has 4 heteroatoms. The van der Waals surface area contributed by atoms with Crippen molar-refractivity contribution in [2.45, 2.75) is 32.2 Å². The second-order valence-corrected chi connectivity index (χ2v) is 6.31. The van der Waals surface area contributed by atoms with Crippen molar-refractivity contribution in [2.24, 2.45) is 11.8 Å². The van der Waals surface area contributed by atoms with E-state index in [9.17, 15) is 4.79 Å². The van der Waals surface area contributed by atoms with E-state index in [0.29, 0.717) is 6.54 Å². The van der Waals surface area contributed by atoms with Crippen LogP contribution in [-0.2, 0) is 11.3 Å². The first-order valence-corrected chi connectivity index (χ1v) is 7.87.